The predicted molar refractivity (Wildman–Crippen MR) is 105 cm³/mol. The molecule has 28 heavy (non-hydrogen) atoms. The molecule has 1 fully saturated rings. The number of ether oxygens (including phenoxy) is 1. The summed E-state index contributed by atoms with van der Waals surface area (Å²) in [5.74, 6) is 1.75. The number of carbonyl (C=O) groups is 1. The zero-order valence-electron chi connectivity index (χ0n) is 15.9. The van der Waals surface area contributed by atoms with Gasteiger partial charge in [0.25, 0.3) is 0 Å². The van der Waals surface area contributed by atoms with E-state index in [4.69, 9.17) is 9.26 Å². The summed E-state index contributed by atoms with van der Waals surface area (Å²) in [5, 5.41) is 7.02. The topological polar surface area (TPSA) is 80.5 Å². The number of hydrogen-bond donors (Lipinski definition) is 1. The van der Waals surface area contributed by atoms with E-state index in [1.165, 1.54) is 5.56 Å². The van der Waals surface area contributed by atoms with E-state index in [0.29, 0.717) is 23.9 Å². The first-order chi connectivity index (χ1) is 13.6. The van der Waals surface area contributed by atoms with E-state index in [9.17, 15) is 4.79 Å². The summed E-state index contributed by atoms with van der Waals surface area (Å²) in [6, 6.07) is 14.8. The van der Waals surface area contributed by atoms with Gasteiger partial charge in [0.2, 0.25) is 11.7 Å². The highest BCUT2D eigenvalue weighted by atomic mass is 16.5. The summed E-state index contributed by atoms with van der Waals surface area (Å²) in [7, 11) is 1.61. The van der Waals surface area contributed by atoms with Gasteiger partial charge >= 0.3 is 6.03 Å². The first-order valence-electron chi connectivity index (χ1n) is 9.26. The SMILES string of the molecule is COc1ccc(NC(=O)N2CCC[C@@H]2c2nc(-c3ccc(C)cc3)no2)cc1. The molecule has 0 radical (unpaired) electrons. The third kappa shape index (κ3) is 3.69. The van der Waals surface area contributed by atoms with Crippen LogP contribution in [0.5, 0.6) is 5.75 Å². The molecule has 2 heterocycles. The number of urea groups is 1. The van der Waals surface area contributed by atoms with Gasteiger partial charge in [0.15, 0.2) is 0 Å². The Hall–Kier alpha value is -3.35. The Bertz CT molecular complexity index is 951. The summed E-state index contributed by atoms with van der Waals surface area (Å²) in [6.45, 7) is 2.68. The minimum Gasteiger partial charge on any atom is -0.497 e. The van der Waals surface area contributed by atoms with E-state index in [2.05, 4.69) is 15.5 Å². The maximum Gasteiger partial charge on any atom is 0.322 e. The van der Waals surface area contributed by atoms with Crippen molar-refractivity contribution in [2.75, 3.05) is 19.0 Å². The molecule has 2 amide bonds. The van der Waals surface area contributed by atoms with Gasteiger partial charge in [-0.15, -0.1) is 0 Å². The smallest absolute Gasteiger partial charge is 0.322 e. The Kier molecular flexibility index (Phi) is 4.97. The van der Waals surface area contributed by atoms with Gasteiger partial charge in [0.1, 0.15) is 11.8 Å². The quantitative estimate of drug-likeness (QED) is 0.727. The van der Waals surface area contributed by atoms with E-state index in [1.54, 1.807) is 12.0 Å². The van der Waals surface area contributed by atoms with Gasteiger partial charge in [-0.1, -0.05) is 35.0 Å². The maximum absolute atomic E-state index is 12.8. The molecule has 1 aliphatic rings. The Morgan fingerprint density at radius 2 is 1.93 bits per heavy atom. The maximum atomic E-state index is 12.8. The Morgan fingerprint density at radius 3 is 2.64 bits per heavy atom. The number of anilines is 1. The van der Waals surface area contributed by atoms with Gasteiger partial charge in [-0.3, -0.25) is 0 Å². The van der Waals surface area contributed by atoms with Crippen molar-refractivity contribution in [3.8, 4) is 17.1 Å². The number of hydrogen-bond acceptors (Lipinski definition) is 5. The van der Waals surface area contributed by atoms with Crippen LogP contribution in [-0.2, 0) is 0 Å². The number of carbonyl (C=O) groups excluding carboxylic acids is 1. The lowest BCUT2D eigenvalue weighted by Crippen LogP contribution is -2.34. The summed E-state index contributed by atoms with van der Waals surface area (Å²) >= 11 is 0. The van der Waals surface area contributed by atoms with Gasteiger partial charge in [0, 0.05) is 17.8 Å². The highest BCUT2D eigenvalue weighted by molar-refractivity contribution is 5.89. The second kappa shape index (κ2) is 7.72. The van der Waals surface area contributed by atoms with E-state index in [1.807, 2.05) is 55.5 Å². The lowest BCUT2D eigenvalue weighted by Gasteiger charge is -2.22. The van der Waals surface area contributed by atoms with Crippen LogP contribution in [-0.4, -0.2) is 34.7 Å². The van der Waals surface area contributed by atoms with Crippen LogP contribution < -0.4 is 10.1 Å². The first kappa shape index (κ1) is 18.0. The van der Waals surface area contributed by atoms with Crippen LogP contribution in [0.1, 0.15) is 30.3 Å². The van der Waals surface area contributed by atoms with Crippen LogP contribution in [0.4, 0.5) is 10.5 Å². The molecule has 4 rings (SSSR count). The van der Waals surface area contributed by atoms with Crippen molar-refractivity contribution in [1.29, 1.82) is 0 Å². The highest BCUT2D eigenvalue weighted by Gasteiger charge is 2.34. The molecule has 0 spiro atoms. The fraction of sp³-hybridized carbons (Fsp3) is 0.286. The van der Waals surface area contributed by atoms with Gasteiger partial charge < -0.3 is 19.5 Å². The van der Waals surface area contributed by atoms with Crippen LogP contribution >= 0.6 is 0 Å². The largest absolute Gasteiger partial charge is 0.497 e. The number of aryl methyl sites for hydroxylation is 1. The van der Waals surface area contributed by atoms with Crippen LogP contribution in [0.3, 0.4) is 0 Å². The van der Waals surface area contributed by atoms with Crippen molar-refractivity contribution in [3.05, 3.63) is 60.0 Å². The first-order valence-corrected chi connectivity index (χ1v) is 9.26. The number of aromatic nitrogens is 2. The van der Waals surface area contributed by atoms with Gasteiger partial charge in [-0.25, -0.2) is 4.79 Å². The molecule has 0 bridgehead atoms. The summed E-state index contributed by atoms with van der Waals surface area (Å²) in [4.78, 5) is 19.0. The molecule has 1 aromatic heterocycles. The van der Waals surface area contributed by atoms with Crippen LogP contribution in [0.15, 0.2) is 53.1 Å². The number of nitrogens with one attached hydrogen (secondary N) is 1. The average Bonchev–Trinajstić information content (AvgIpc) is 3.38. The second-order valence-corrected chi connectivity index (χ2v) is 6.83. The molecular weight excluding hydrogens is 356 g/mol. The number of methoxy groups -OCH3 is 1. The van der Waals surface area contributed by atoms with Crippen molar-refractivity contribution in [3.63, 3.8) is 0 Å². The molecule has 1 N–H and O–H groups in total. The predicted octanol–water partition coefficient (Wildman–Crippen LogP) is 4.42. The third-order valence-electron chi connectivity index (χ3n) is 4.89. The fourth-order valence-corrected chi connectivity index (χ4v) is 3.33. The zero-order chi connectivity index (χ0) is 19.5. The van der Waals surface area contributed by atoms with E-state index < -0.39 is 0 Å². The van der Waals surface area contributed by atoms with Crippen LogP contribution in [0, 0.1) is 6.92 Å². The third-order valence-corrected chi connectivity index (χ3v) is 4.89. The Labute approximate surface area is 163 Å². The number of rotatable bonds is 4. The van der Waals surface area contributed by atoms with Gasteiger partial charge in [-0.2, -0.15) is 4.98 Å². The molecule has 2 aromatic carbocycles. The van der Waals surface area contributed by atoms with Crippen molar-refractivity contribution in [2.24, 2.45) is 0 Å². The fourth-order valence-electron chi connectivity index (χ4n) is 3.33. The average molecular weight is 378 g/mol. The van der Waals surface area contributed by atoms with Gasteiger partial charge in [-0.05, 0) is 44.0 Å². The molecule has 7 heteroatoms. The highest BCUT2D eigenvalue weighted by Crippen LogP contribution is 2.32. The number of nitrogens with zero attached hydrogens (tertiary/aromatic N) is 3. The van der Waals surface area contributed by atoms with E-state index in [0.717, 1.165) is 24.2 Å². The molecule has 144 valence electrons. The molecule has 0 unspecified atom stereocenters. The minimum absolute atomic E-state index is 0.178. The zero-order valence-corrected chi connectivity index (χ0v) is 15.9. The Balaban J connectivity index is 1.48. The van der Waals surface area contributed by atoms with Crippen LogP contribution in [0.25, 0.3) is 11.4 Å². The number of amides is 2. The molecule has 0 saturated carbocycles. The monoisotopic (exact) mass is 378 g/mol. The molecular formula is C21H22N4O3. The molecule has 3 aromatic rings. The van der Waals surface area contributed by atoms with Crippen LogP contribution in [0.2, 0.25) is 0 Å². The standard InChI is InChI=1S/C21H22N4O3/c1-14-5-7-15(8-6-14)19-23-20(28-24-19)18-4-3-13-25(18)21(26)22-16-9-11-17(27-2)12-10-16/h5-12,18H,3-4,13H2,1-2H3,(H,22,26)/t18-/m1/s1. The number of benzene rings is 2. The molecule has 0 aliphatic carbocycles. The van der Waals surface area contributed by atoms with Gasteiger partial charge in [0.05, 0.1) is 7.11 Å². The molecule has 1 aliphatic heterocycles. The molecule has 7 nitrogen and oxygen atoms in total. The lowest BCUT2D eigenvalue weighted by molar-refractivity contribution is 0.193. The summed E-state index contributed by atoms with van der Waals surface area (Å²) in [6.07, 6.45) is 1.69. The van der Waals surface area contributed by atoms with E-state index >= 15 is 0 Å². The van der Waals surface area contributed by atoms with E-state index in [-0.39, 0.29) is 12.1 Å². The van der Waals surface area contributed by atoms with Crippen molar-refractivity contribution >= 4 is 11.7 Å². The second-order valence-electron chi connectivity index (χ2n) is 6.83. The van der Waals surface area contributed by atoms with Crippen molar-refractivity contribution < 1.29 is 14.1 Å². The minimum atomic E-state index is -0.218. The molecule has 1 saturated heterocycles. The molecule has 1 atom stereocenters. The van der Waals surface area contributed by atoms with Crippen molar-refractivity contribution in [2.45, 2.75) is 25.8 Å². The Morgan fingerprint density at radius 1 is 1.18 bits per heavy atom. The normalized spacial score (nSPS) is 16.2. The summed E-state index contributed by atoms with van der Waals surface area (Å²) < 4.78 is 10.6. The lowest BCUT2D eigenvalue weighted by atomic mass is 10.1. The van der Waals surface area contributed by atoms with Crippen molar-refractivity contribution in [1.82, 2.24) is 15.0 Å². The summed E-state index contributed by atoms with van der Waals surface area (Å²) in [5.41, 5.74) is 2.78. The number of likely N-dealkylation sites (tertiary alicyclic amines) is 1.